The Balaban J connectivity index is 4.21. The number of ether oxygens (including phenoxy) is 3. The Morgan fingerprint density at radius 3 is 1.07 bits per heavy atom. The summed E-state index contributed by atoms with van der Waals surface area (Å²) in [7, 11) is 0. The minimum absolute atomic E-state index is 0.0837. The smallest absolute Gasteiger partial charge is 0.306 e. The maximum absolute atomic E-state index is 12.6. The van der Waals surface area contributed by atoms with Crippen LogP contribution in [0, 0.1) is 0 Å². The number of allylic oxidation sites excluding steroid dienone is 12. The first-order valence-corrected chi connectivity index (χ1v) is 23.4. The Morgan fingerprint density at radius 2 is 0.684 bits per heavy atom. The molecule has 0 bridgehead atoms. The van der Waals surface area contributed by atoms with Crippen LogP contribution >= 0.6 is 0 Å². The van der Waals surface area contributed by atoms with Crippen LogP contribution in [-0.4, -0.2) is 37.2 Å². The summed E-state index contributed by atoms with van der Waals surface area (Å²) < 4.78 is 16.6. The Morgan fingerprint density at radius 1 is 0.368 bits per heavy atom. The van der Waals surface area contributed by atoms with Gasteiger partial charge in [-0.25, -0.2) is 0 Å². The van der Waals surface area contributed by atoms with Gasteiger partial charge in [0.1, 0.15) is 13.2 Å². The van der Waals surface area contributed by atoms with Gasteiger partial charge >= 0.3 is 17.9 Å². The molecule has 0 amide bonds. The molecule has 326 valence electrons. The normalized spacial score (nSPS) is 12.7. The average molecular weight is 795 g/mol. The second-order valence-corrected chi connectivity index (χ2v) is 15.3. The summed E-state index contributed by atoms with van der Waals surface area (Å²) >= 11 is 0. The quantitative estimate of drug-likeness (QED) is 0.0265. The van der Waals surface area contributed by atoms with Crippen molar-refractivity contribution in [1.82, 2.24) is 0 Å². The van der Waals surface area contributed by atoms with Crippen molar-refractivity contribution in [1.29, 1.82) is 0 Å². The van der Waals surface area contributed by atoms with Crippen molar-refractivity contribution in [2.75, 3.05) is 13.2 Å². The molecule has 0 saturated heterocycles. The van der Waals surface area contributed by atoms with Crippen LogP contribution < -0.4 is 0 Å². The maximum atomic E-state index is 12.6. The molecule has 0 saturated carbocycles. The van der Waals surface area contributed by atoms with E-state index in [1.165, 1.54) is 57.8 Å². The van der Waals surface area contributed by atoms with Gasteiger partial charge in [0, 0.05) is 19.3 Å². The van der Waals surface area contributed by atoms with Crippen molar-refractivity contribution in [3.63, 3.8) is 0 Å². The summed E-state index contributed by atoms with van der Waals surface area (Å²) in [6, 6.07) is 0. The van der Waals surface area contributed by atoms with Crippen molar-refractivity contribution in [2.24, 2.45) is 0 Å². The molecular weight excluding hydrogens is 709 g/mol. The lowest BCUT2D eigenvalue weighted by Gasteiger charge is -2.18. The molecule has 6 nitrogen and oxygen atoms in total. The Kier molecular flexibility index (Phi) is 43.0. The van der Waals surface area contributed by atoms with E-state index < -0.39 is 6.10 Å². The third-order valence-corrected chi connectivity index (χ3v) is 9.73. The first-order chi connectivity index (χ1) is 28.0. The highest BCUT2D eigenvalue weighted by Crippen LogP contribution is 2.14. The zero-order valence-electron chi connectivity index (χ0n) is 37.1. The molecule has 0 aliphatic heterocycles. The summed E-state index contributed by atoms with van der Waals surface area (Å²) in [5, 5.41) is 0. The monoisotopic (exact) mass is 795 g/mol. The zero-order valence-corrected chi connectivity index (χ0v) is 37.1. The molecule has 0 aromatic carbocycles. The van der Waals surface area contributed by atoms with Gasteiger partial charge in [-0.3, -0.25) is 14.4 Å². The summed E-state index contributed by atoms with van der Waals surface area (Å²) in [6.45, 7) is 6.39. The molecule has 0 aromatic heterocycles. The van der Waals surface area contributed by atoms with Crippen LogP contribution in [0.5, 0.6) is 0 Å². The van der Waals surface area contributed by atoms with Gasteiger partial charge in [-0.1, -0.05) is 196 Å². The molecule has 1 unspecified atom stereocenters. The summed E-state index contributed by atoms with van der Waals surface area (Å²) in [5.41, 5.74) is 0. The molecule has 57 heavy (non-hydrogen) atoms. The molecule has 1 atom stereocenters. The number of esters is 3. The van der Waals surface area contributed by atoms with Gasteiger partial charge in [0.15, 0.2) is 6.10 Å². The fourth-order valence-electron chi connectivity index (χ4n) is 6.21. The molecule has 0 spiro atoms. The molecule has 0 aliphatic carbocycles. The molecule has 0 rings (SSSR count). The first kappa shape index (κ1) is 53.9. The van der Waals surface area contributed by atoms with E-state index in [9.17, 15) is 14.4 Å². The summed E-state index contributed by atoms with van der Waals surface area (Å²) in [5.74, 6) is -0.927. The van der Waals surface area contributed by atoms with Crippen LogP contribution in [0.15, 0.2) is 72.9 Å². The maximum Gasteiger partial charge on any atom is 0.306 e. The lowest BCUT2D eigenvalue weighted by Crippen LogP contribution is -2.30. The Bertz CT molecular complexity index is 1100. The van der Waals surface area contributed by atoms with Gasteiger partial charge in [-0.15, -0.1) is 0 Å². The minimum Gasteiger partial charge on any atom is -0.462 e. The van der Waals surface area contributed by atoms with Crippen LogP contribution in [0.3, 0.4) is 0 Å². The number of carbonyl (C=O) groups is 3. The third-order valence-electron chi connectivity index (χ3n) is 9.73. The zero-order chi connectivity index (χ0) is 41.5. The minimum atomic E-state index is -0.778. The highest BCUT2D eigenvalue weighted by atomic mass is 16.6. The van der Waals surface area contributed by atoms with E-state index in [-0.39, 0.29) is 31.1 Å². The van der Waals surface area contributed by atoms with Crippen molar-refractivity contribution in [2.45, 2.75) is 219 Å². The van der Waals surface area contributed by atoms with E-state index >= 15 is 0 Å². The number of hydrogen-bond donors (Lipinski definition) is 0. The van der Waals surface area contributed by atoms with Gasteiger partial charge in [-0.05, 0) is 70.6 Å². The van der Waals surface area contributed by atoms with E-state index in [1.54, 1.807) is 0 Å². The average Bonchev–Trinajstić information content (AvgIpc) is 3.21. The molecule has 0 N–H and O–H groups in total. The lowest BCUT2D eigenvalue weighted by molar-refractivity contribution is -0.167. The second-order valence-electron chi connectivity index (χ2n) is 15.3. The van der Waals surface area contributed by atoms with Gasteiger partial charge in [0.05, 0.1) is 0 Å². The number of carbonyl (C=O) groups excluding carboxylic acids is 3. The Hall–Kier alpha value is -3.15. The molecule has 0 radical (unpaired) electrons. The van der Waals surface area contributed by atoms with E-state index in [4.69, 9.17) is 14.2 Å². The van der Waals surface area contributed by atoms with Crippen molar-refractivity contribution in [3.05, 3.63) is 72.9 Å². The highest BCUT2D eigenvalue weighted by Gasteiger charge is 2.19. The van der Waals surface area contributed by atoms with Gasteiger partial charge in [0.2, 0.25) is 0 Å². The van der Waals surface area contributed by atoms with Crippen LogP contribution in [0.1, 0.15) is 213 Å². The van der Waals surface area contributed by atoms with E-state index in [2.05, 4.69) is 93.7 Å². The Labute approximate surface area is 351 Å². The van der Waals surface area contributed by atoms with Crippen molar-refractivity contribution < 1.29 is 28.6 Å². The first-order valence-electron chi connectivity index (χ1n) is 23.4. The van der Waals surface area contributed by atoms with Crippen LogP contribution in [0.4, 0.5) is 0 Å². The second kappa shape index (κ2) is 45.6. The molecule has 0 aromatic rings. The molecular formula is C51H86O6. The fourth-order valence-corrected chi connectivity index (χ4v) is 6.21. The lowest BCUT2D eigenvalue weighted by atomic mass is 10.1. The standard InChI is InChI=1S/C51H86O6/c1-4-7-10-13-15-17-19-20-21-22-23-24-25-26-27-28-29-30-32-33-35-38-41-44-50(53)56-47-48(46-55-49(52)43-40-37-12-9-6-3)57-51(54)45-42-39-36-34-31-18-16-14-11-8-5-2/h7,10,15,17,20-21,23-24,26-27,29-30,48H,4-6,8-9,11-14,16,18-19,22,25,28,31-47H2,1-3H3/b10-7-,17-15-,21-20-,24-23-,27-26-,30-29-. The summed E-state index contributed by atoms with van der Waals surface area (Å²) in [6.07, 6.45) is 56.3. The van der Waals surface area contributed by atoms with Gasteiger partial charge in [-0.2, -0.15) is 0 Å². The van der Waals surface area contributed by atoms with Gasteiger partial charge in [0.25, 0.3) is 0 Å². The van der Waals surface area contributed by atoms with E-state index in [1.807, 2.05) is 0 Å². The number of unbranched alkanes of at least 4 members (excludes halogenated alkanes) is 18. The van der Waals surface area contributed by atoms with Crippen molar-refractivity contribution in [3.8, 4) is 0 Å². The molecule has 0 heterocycles. The molecule has 6 heteroatoms. The third kappa shape index (κ3) is 43.8. The van der Waals surface area contributed by atoms with Crippen molar-refractivity contribution >= 4 is 17.9 Å². The largest absolute Gasteiger partial charge is 0.462 e. The predicted molar refractivity (Wildman–Crippen MR) is 242 cm³/mol. The molecule has 0 aliphatic rings. The van der Waals surface area contributed by atoms with E-state index in [0.717, 1.165) is 116 Å². The van der Waals surface area contributed by atoms with Crippen LogP contribution in [0.25, 0.3) is 0 Å². The number of hydrogen-bond acceptors (Lipinski definition) is 6. The summed E-state index contributed by atoms with van der Waals surface area (Å²) in [4.78, 5) is 37.5. The topological polar surface area (TPSA) is 78.9 Å². The van der Waals surface area contributed by atoms with Crippen LogP contribution in [-0.2, 0) is 28.6 Å². The van der Waals surface area contributed by atoms with Gasteiger partial charge < -0.3 is 14.2 Å². The predicted octanol–water partition coefficient (Wildman–Crippen LogP) is 15.1. The SMILES string of the molecule is CC/C=C\C/C=C\C/C=C\C/C=C\C/C=C\C/C=C\CCCCCCC(=O)OCC(COC(=O)CCCCCCC)OC(=O)CCCCCCCCCCCCC. The van der Waals surface area contributed by atoms with Crippen LogP contribution in [0.2, 0.25) is 0 Å². The highest BCUT2D eigenvalue weighted by molar-refractivity contribution is 5.71. The van der Waals surface area contributed by atoms with E-state index in [0.29, 0.717) is 19.3 Å². The number of rotatable bonds is 41. The fraction of sp³-hybridized carbons (Fsp3) is 0.706. The molecule has 0 fully saturated rings.